The van der Waals surface area contributed by atoms with Gasteiger partial charge in [-0.25, -0.2) is 0 Å². The first-order valence-electron chi connectivity index (χ1n) is 7.75. The second-order valence-corrected chi connectivity index (χ2v) is 6.04. The molecule has 3 heteroatoms. The van der Waals surface area contributed by atoms with Gasteiger partial charge in [-0.2, -0.15) is 0 Å². The molecule has 0 unspecified atom stereocenters. The van der Waals surface area contributed by atoms with Crippen LogP contribution in [-0.2, 0) is 0 Å². The molecule has 0 aliphatic heterocycles. The predicted octanol–water partition coefficient (Wildman–Crippen LogP) is 3.30. The van der Waals surface area contributed by atoms with E-state index < -0.39 is 0 Å². The van der Waals surface area contributed by atoms with Crippen LogP contribution in [-0.4, -0.2) is 33.8 Å². The average Bonchev–Trinajstić information content (AvgIpc) is 2.94. The van der Waals surface area contributed by atoms with Gasteiger partial charge in [0.25, 0.3) is 0 Å². The number of anilines is 1. The molecular weight excluding hydrogens is 248 g/mol. The molecule has 0 spiro atoms. The van der Waals surface area contributed by atoms with Crippen LogP contribution in [0.5, 0.6) is 5.75 Å². The molecule has 1 aliphatic carbocycles. The van der Waals surface area contributed by atoms with Crippen LogP contribution in [0.1, 0.15) is 32.6 Å². The zero-order chi connectivity index (χ0) is 14.4. The average molecular weight is 276 g/mol. The summed E-state index contributed by atoms with van der Waals surface area (Å²) in [7, 11) is 3.91. The van der Waals surface area contributed by atoms with Crippen molar-refractivity contribution in [3.05, 3.63) is 24.3 Å². The lowest BCUT2D eigenvalue weighted by Gasteiger charge is -2.35. The monoisotopic (exact) mass is 276 g/mol. The van der Waals surface area contributed by atoms with Gasteiger partial charge in [-0.1, -0.05) is 19.8 Å². The third kappa shape index (κ3) is 3.66. The van der Waals surface area contributed by atoms with Crippen molar-refractivity contribution in [1.82, 2.24) is 5.32 Å². The molecule has 2 rings (SSSR count). The van der Waals surface area contributed by atoms with Crippen molar-refractivity contribution in [2.75, 3.05) is 38.7 Å². The van der Waals surface area contributed by atoms with E-state index >= 15 is 0 Å². The van der Waals surface area contributed by atoms with Crippen molar-refractivity contribution in [2.45, 2.75) is 32.6 Å². The molecule has 20 heavy (non-hydrogen) atoms. The van der Waals surface area contributed by atoms with E-state index in [1.165, 1.54) is 31.4 Å². The van der Waals surface area contributed by atoms with Gasteiger partial charge in [0.2, 0.25) is 0 Å². The molecular formula is C17H28N2O. The van der Waals surface area contributed by atoms with Crippen LogP contribution in [0.15, 0.2) is 24.3 Å². The van der Waals surface area contributed by atoms with Crippen LogP contribution in [0.4, 0.5) is 5.69 Å². The number of nitrogens with one attached hydrogen (secondary N) is 1. The normalized spacial score (nSPS) is 17.1. The summed E-state index contributed by atoms with van der Waals surface area (Å²) in [4.78, 5) is 2.39. The lowest BCUT2D eigenvalue weighted by molar-refractivity contribution is 0.289. The molecule has 0 heterocycles. The number of nitrogens with zero attached hydrogens (tertiary/aromatic N) is 1. The minimum absolute atomic E-state index is 0.449. The predicted molar refractivity (Wildman–Crippen MR) is 85.7 cm³/mol. The lowest BCUT2D eigenvalue weighted by atomic mass is 9.85. The molecule has 0 aromatic heterocycles. The van der Waals surface area contributed by atoms with Gasteiger partial charge < -0.3 is 15.0 Å². The molecule has 0 amide bonds. The number of rotatable bonds is 7. The highest BCUT2D eigenvalue weighted by Gasteiger charge is 2.34. The highest BCUT2D eigenvalue weighted by Crippen LogP contribution is 2.39. The maximum atomic E-state index is 5.23. The van der Waals surface area contributed by atoms with Crippen molar-refractivity contribution in [3.8, 4) is 5.75 Å². The van der Waals surface area contributed by atoms with E-state index in [4.69, 9.17) is 4.74 Å². The SMILES string of the molecule is CCNCC1(CN(C)c2ccc(OC)cc2)CCCC1. The van der Waals surface area contributed by atoms with E-state index in [1.807, 2.05) is 12.1 Å². The van der Waals surface area contributed by atoms with Crippen molar-refractivity contribution in [3.63, 3.8) is 0 Å². The molecule has 1 aromatic rings. The quantitative estimate of drug-likeness (QED) is 0.827. The lowest BCUT2D eigenvalue weighted by Crippen LogP contribution is -2.41. The summed E-state index contributed by atoms with van der Waals surface area (Å²) in [5.74, 6) is 0.922. The standard InChI is InChI=1S/C17H28N2O/c1-4-18-13-17(11-5-6-12-17)14-19(2)15-7-9-16(20-3)10-8-15/h7-10,18H,4-6,11-14H2,1-3H3. The Hall–Kier alpha value is -1.22. The van der Waals surface area contributed by atoms with Crippen molar-refractivity contribution >= 4 is 5.69 Å². The van der Waals surface area contributed by atoms with Crippen LogP contribution in [0.2, 0.25) is 0 Å². The van der Waals surface area contributed by atoms with Gasteiger partial charge in [-0.05, 0) is 43.7 Å². The van der Waals surface area contributed by atoms with Gasteiger partial charge in [-0.15, -0.1) is 0 Å². The zero-order valence-electron chi connectivity index (χ0n) is 13.1. The van der Waals surface area contributed by atoms with Crippen LogP contribution in [0.3, 0.4) is 0 Å². The van der Waals surface area contributed by atoms with E-state index in [-0.39, 0.29) is 0 Å². The first-order valence-corrected chi connectivity index (χ1v) is 7.75. The molecule has 0 atom stereocenters. The number of ether oxygens (including phenoxy) is 1. The van der Waals surface area contributed by atoms with Crippen LogP contribution in [0.25, 0.3) is 0 Å². The van der Waals surface area contributed by atoms with E-state index in [9.17, 15) is 0 Å². The number of hydrogen-bond acceptors (Lipinski definition) is 3. The maximum absolute atomic E-state index is 5.23. The summed E-state index contributed by atoms with van der Waals surface area (Å²) in [5, 5.41) is 3.56. The van der Waals surface area contributed by atoms with Gasteiger partial charge >= 0.3 is 0 Å². The number of methoxy groups -OCH3 is 1. The topological polar surface area (TPSA) is 24.5 Å². The molecule has 1 saturated carbocycles. The molecule has 1 aromatic carbocycles. The summed E-state index contributed by atoms with van der Waals surface area (Å²) < 4.78 is 5.23. The van der Waals surface area contributed by atoms with E-state index in [0.717, 1.165) is 25.4 Å². The Morgan fingerprint density at radius 2 is 1.85 bits per heavy atom. The summed E-state index contributed by atoms with van der Waals surface area (Å²) in [6, 6.07) is 8.37. The molecule has 1 fully saturated rings. The van der Waals surface area contributed by atoms with E-state index in [1.54, 1.807) is 7.11 Å². The van der Waals surface area contributed by atoms with Crippen LogP contribution >= 0.6 is 0 Å². The minimum Gasteiger partial charge on any atom is -0.497 e. The van der Waals surface area contributed by atoms with Crippen molar-refractivity contribution in [2.24, 2.45) is 5.41 Å². The van der Waals surface area contributed by atoms with Crippen molar-refractivity contribution < 1.29 is 4.74 Å². The van der Waals surface area contributed by atoms with Crippen LogP contribution in [0, 0.1) is 5.41 Å². The molecule has 112 valence electrons. The highest BCUT2D eigenvalue weighted by atomic mass is 16.5. The second kappa shape index (κ2) is 6.98. The molecule has 1 N–H and O–H groups in total. The molecule has 0 radical (unpaired) electrons. The first-order chi connectivity index (χ1) is 9.69. The Morgan fingerprint density at radius 1 is 1.20 bits per heavy atom. The minimum atomic E-state index is 0.449. The van der Waals surface area contributed by atoms with Gasteiger partial charge in [-0.3, -0.25) is 0 Å². The molecule has 0 bridgehead atoms. The summed E-state index contributed by atoms with van der Waals surface area (Å²) in [6.45, 7) is 5.53. The first kappa shape index (κ1) is 15.2. The highest BCUT2D eigenvalue weighted by molar-refractivity contribution is 5.48. The fraction of sp³-hybridized carbons (Fsp3) is 0.647. The zero-order valence-corrected chi connectivity index (χ0v) is 13.1. The maximum Gasteiger partial charge on any atom is 0.119 e. The third-order valence-corrected chi connectivity index (χ3v) is 4.50. The number of hydrogen-bond donors (Lipinski definition) is 1. The molecule has 1 aliphatic rings. The Morgan fingerprint density at radius 3 is 2.40 bits per heavy atom. The smallest absolute Gasteiger partial charge is 0.119 e. The van der Waals surface area contributed by atoms with Crippen molar-refractivity contribution in [1.29, 1.82) is 0 Å². The Labute approximate surface area is 123 Å². The van der Waals surface area contributed by atoms with E-state index in [2.05, 4.69) is 36.3 Å². The summed E-state index contributed by atoms with van der Waals surface area (Å²) in [6.07, 6.45) is 5.45. The number of benzene rings is 1. The van der Waals surface area contributed by atoms with Gasteiger partial charge in [0.1, 0.15) is 5.75 Å². The second-order valence-electron chi connectivity index (χ2n) is 6.04. The Bertz CT molecular complexity index is 396. The Balaban J connectivity index is 2.01. The van der Waals surface area contributed by atoms with Crippen LogP contribution < -0.4 is 15.0 Å². The van der Waals surface area contributed by atoms with Gasteiger partial charge in [0.05, 0.1) is 7.11 Å². The van der Waals surface area contributed by atoms with Gasteiger partial charge in [0.15, 0.2) is 0 Å². The summed E-state index contributed by atoms with van der Waals surface area (Å²) >= 11 is 0. The molecule has 3 nitrogen and oxygen atoms in total. The third-order valence-electron chi connectivity index (χ3n) is 4.50. The van der Waals surface area contributed by atoms with Gasteiger partial charge in [0, 0.05) is 31.2 Å². The molecule has 0 saturated heterocycles. The fourth-order valence-electron chi connectivity index (χ4n) is 3.34. The largest absolute Gasteiger partial charge is 0.497 e. The summed E-state index contributed by atoms with van der Waals surface area (Å²) in [5.41, 5.74) is 1.72. The Kier molecular flexibility index (Phi) is 5.30. The fourth-order valence-corrected chi connectivity index (χ4v) is 3.34. The van der Waals surface area contributed by atoms with E-state index in [0.29, 0.717) is 5.41 Å².